The van der Waals surface area contributed by atoms with Crippen molar-refractivity contribution >= 4 is 45.5 Å². The summed E-state index contributed by atoms with van der Waals surface area (Å²) in [5, 5.41) is 9.40. The Hall–Kier alpha value is -2.57. The number of rotatable bonds is 3. The van der Waals surface area contributed by atoms with Gasteiger partial charge in [0, 0.05) is 20.5 Å². The highest BCUT2D eigenvalue weighted by molar-refractivity contribution is 9.10. The summed E-state index contributed by atoms with van der Waals surface area (Å²) in [7, 11) is 0. The fourth-order valence-electron chi connectivity index (χ4n) is 2.75. The molecule has 1 N–H and O–H groups in total. The van der Waals surface area contributed by atoms with E-state index in [4.69, 9.17) is 4.42 Å². The van der Waals surface area contributed by atoms with Crippen molar-refractivity contribution in [2.75, 3.05) is 0 Å². The number of carboxylic acid groups (broad SMARTS) is 1. The second-order valence-corrected chi connectivity index (χ2v) is 7.63. The van der Waals surface area contributed by atoms with Crippen molar-refractivity contribution < 1.29 is 19.1 Å². The van der Waals surface area contributed by atoms with Gasteiger partial charge in [-0.25, -0.2) is 4.79 Å². The Balaban J connectivity index is 1.69. The first-order valence-corrected chi connectivity index (χ1v) is 9.30. The lowest BCUT2D eigenvalue weighted by Crippen LogP contribution is -1.99. The highest BCUT2D eigenvalue weighted by atomic mass is 79.9. The summed E-state index contributed by atoms with van der Waals surface area (Å²) < 4.78 is 6.47. The van der Waals surface area contributed by atoms with Crippen LogP contribution in [0.4, 0.5) is 0 Å². The molecule has 0 amide bonds. The first-order valence-electron chi connectivity index (χ1n) is 7.69. The number of aromatic carboxylic acids is 1. The number of halogens is 1. The maximum atomic E-state index is 12.4. The summed E-state index contributed by atoms with van der Waals surface area (Å²) in [6.45, 7) is 0. The summed E-state index contributed by atoms with van der Waals surface area (Å²) in [4.78, 5) is 25.4. The molecule has 4 nitrogen and oxygen atoms in total. The van der Waals surface area contributed by atoms with E-state index in [0.717, 1.165) is 4.90 Å². The lowest BCUT2D eigenvalue weighted by Gasteiger charge is -2.03. The number of hydrogen-bond acceptors (Lipinski definition) is 4. The Morgan fingerprint density at radius 2 is 1.88 bits per heavy atom. The van der Waals surface area contributed by atoms with Crippen LogP contribution in [0.3, 0.4) is 0 Å². The van der Waals surface area contributed by atoms with Crippen molar-refractivity contribution in [3.8, 4) is 11.3 Å². The number of carbonyl (C=O) groups excluding carboxylic acids is 1. The van der Waals surface area contributed by atoms with Gasteiger partial charge in [0.25, 0.3) is 0 Å². The second kappa shape index (κ2) is 6.63. The minimum Gasteiger partial charge on any atom is -0.478 e. The molecule has 1 aromatic heterocycles. The Kier molecular flexibility index (Phi) is 4.30. The lowest BCUT2D eigenvalue weighted by molar-refractivity contribution is 0.0697. The summed E-state index contributed by atoms with van der Waals surface area (Å²) in [5.41, 5.74) is 1.32. The molecule has 0 unspecified atom stereocenters. The van der Waals surface area contributed by atoms with Gasteiger partial charge in [0.05, 0.1) is 10.5 Å². The minimum atomic E-state index is -1.03. The molecule has 6 heteroatoms. The van der Waals surface area contributed by atoms with E-state index in [-0.39, 0.29) is 11.3 Å². The summed E-state index contributed by atoms with van der Waals surface area (Å²) in [6.07, 6.45) is 1.69. The first-order chi connectivity index (χ1) is 12.5. The fraction of sp³-hybridized carbons (Fsp3) is 0. The molecule has 0 fully saturated rings. The zero-order chi connectivity index (χ0) is 18.3. The molecule has 4 rings (SSSR count). The number of allylic oxidation sites excluding steroid dienone is 1. The third-order valence-corrected chi connectivity index (χ3v) is 5.55. The monoisotopic (exact) mass is 426 g/mol. The number of fused-ring (bicyclic) bond motifs is 1. The van der Waals surface area contributed by atoms with Crippen LogP contribution >= 0.6 is 27.7 Å². The highest BCUT2D eigenvalue weighted by Crippen LogP contribution is 2.41. The van der Waals surface area contributed by atoms with Gasteiger partial charge in [0.1, 0.15) is 11.5 Å². The van der Waals surface area contributed by atoms with E-state index >= 15 is 0 Å². The molecule has 0 saturated carbocycles. The van der Waals surface area contributed by atoms with E-state index in [0.29, 0.717) is 32.0 Å². The standard InChI is InChI=1S/C20H11BrO4S/c21-11-5-7-13(15(9-11)20(23)24)16-8-6-12(25-16)10-18-19(22)14-3-1-2-4-17(14)26-18/h1-10H,(H,23,24). The van der Waals surface area contributed by atoms with Gasteiger partial charge in [-0.3, -0.25) is 4.79 Å². The number of Topliss-reactive ketones (excluding diaryl/α,β-unsaturated/α-hetero) is 1. The molecule has 1 aliphatic heterocycles. The molecule has 0 spiro atoms. The van der Waals surface area contributed by atoms with Crippen LogP contribution in [0, 0.1) is 0 Å². The van der Waals surface area contributed by atoms with E-state index in [1.165, 1.54) is 17.8 Å². The van der Waals surface area contributed by atoms with Crippen LogP contribution in [-0.4, -0.2) is 16.9 Å². The van der Waals surface area contributed by atoms with Crippen molar-refractivity contribution in [1.82, 2.24) is 0 Å². The fourth-order valence-corrected chi connectivity index (χ4v) is 4.14. The Morgan fingerprint density at radius 3 is 2.65 bits per heavy atom. The van der Waals surface area contributed by atoms with Crippen molar-refractivity contribution in [3.63, 3.8) is 0 Å². The maximum absolute atomic E-state index is 12.4. The van der Waals surface area contributed by atoms with Crippen LogP contribution in [0.15, 0.2) is 73.3 Å². The third kappa shape index (κ3) is 3.02. The molecule has 26 heavy (non-hydrogen) atoms. The number of benzene rings is 2. The molecular weight excluding hydrogens is 416 g/mol. The predicted octanol–water partition coefficient (Wildman–Crippen LogP) is 5.74. The van der Waals surface area contributed by atoms with Gasteiger partial charge >= 0.3 is 5.97 Å². The van der Waals surface area contributed by atoms with Crippen molar-refractivity contribution in [2.24, 2.45) is 0 Å². The van der Waals surface area contributed by atoms with E-state index in [2.05, 4.69) is 15.9 Å². The number of furan rings is 1. The lowest BCUT2D eigenvalue weighted by atomic mass is 10.1. The van der Waals surface area contributed by atoms with Gasteiger partial charge in [-0.1, -0.05) is 39.8 Å². The molecule has 0 atom stereocenters. The van der Waals surface area contributed by atoms with E-state index in [1.54, 1.807) is 36.4 Å². The van der Waals surface area contributed by atoms with Gasteiger partial charge < -0.3 is 9.52 Å². The Labute approximate surface area is 161 Å². The van der Waals surface area contributed by atoms with Gasteiger partial charge in [-0.2, -0.15) is 0 Å². The minimum absolute atomic E-state index is 0.0292. The van der Waals surface area contributed by atoms with Gasteiger partial charge in [-0.05, 0) is 48.5 Å². The average molecular weight is 427 g/mol. The van der Waals surface area contributed by atoms with Crippen LogP contribution in [-0.2, 0) is 0 Å². The quantitative estimate of drug-likeness (QED) is 0.541. The van der Waals surface area contributed by atoms with Gasteiger partial charge in [0.2, 0.25) is 5.78 Å². The average Bonchev–Trinajstić information content (AvgIpc) is 3.21. The van der Waals surface area contributed by atoms with Crippen LogP contribution < -0.4 is 0 Å². The molecule has 3 aromatic rings. The van der Waals surface area contributed by atoms with E-state index in [1.807, 2.05) is 18.2 Å². The summed E-state index contributed by atoms with van der Waals surface area (Å²) in [6, 6.07) is 15.9. The molecule has 0 bridgehead atoms. The Morgan fingerprint density at radius 1 is 1.08 bits per heavy atom. The number of carbonyl (C=O) groups is 2. The normalized spacial score (nSPS) is 14.7. The topological polar surface area (TPSA) is 67.5 Å². The zero-order valence-corrected chi connectivity index (χ0v) is 15.6. The SMILES string of the molecule is O=C1C(=Cc2ccc(-c3ccc(Br)cc3C(=O)O)o2)Sc2ccccc21. The molecule has 0 radical (unpaired) electrons. The molecule has 2 heterocycles. The number of ketones is 1. The van der Waals surface area contributed by atoms with Crippen molar-refractivity contribution in [3.05, 3.63) is 80.9 Å². The van der Waals surface area contributed by atoms with E-state index in [9.17, 15) is 14.7 Å². The predicted molar refractivity (Wildman–Crippen MR) is 103 cm³/mol. The van der Waals surface area contributed by atoms with Crippen LogP contribution in [0.2, 0.25) is 0 Å². The maximum Gasteiger partial charge on any atom is 0.336 e. The highest BCUT2D eigenvalue weighted by Gasteiger charge is 2.25. The summed E-state index contributed by atoms with van der Waals surface area (Å²) in [5.74, 6) is -0.120. The summed E-state index contributed by atoms with van der Waals surface area (Å²) >= 11 is 4.68. The first kappa shape index (κ1) is 16.9. The third-order valence-electron chi connectivity index (χ3n) is 3.95. The largest absolute Gasteiger partial charge is 0.478 e. The molecule has 128 valence electrons. The zero-order valence-electron chi connectivity index (χ0n) is 13.2. The molecule has 2 aromatic carbocycles. The molecule has 1 aliphatic rings. The van der Waals surface area contributed by atoms with Gasteiger partial charge in [-0.15, -0.1) is 0 Å². The smallest absolute Gasteiger partial charge is 0.336 e. The van der Waals surface area contributed by atoms with Crippen LogP contribution in [0.5, 0.6) is 0 Å². The van der Waals surface area contributed by atoms with Crippen molar-refractivity contribution in [2.45, 2.75) is 4.90 Å². The van der Waals surface area contributed by atoms with E-state index < -0.39 is 5.97 Å². The molecule has 0 aliphatic carbocycles. The molecule has 0 saturated heterocycles. The number of hydrogen-bond donors (Lipinski definition) is 1. The Bertz CT molecular complexity index is 1080. The number of thioether (sulfide) groups is 1. The van der Waals surface area contributed by atoms with Crippen LogP contribution in [0.1, 0.15) is 26.5 Å². The van der Waals surface area contributed by atoms with Crippen molar-refractivity contribution in [1.29, 1.82) is 0 Å². The van der Waals surface area contributed by atoms with Crippen LogP contribution in [0.25, 0.3) is 17.4 Å². The second-order valence-electron chi connectivity index (χ2n) is 5.63. The molecular formula is C20H11BrO4S. The number of carboxylic acids is 1. The van der Waals surface area contributed by atoms with Gasteiger partial charge in [0.15, 0.2) is 0 Å².